The summed E-state index contributed by atoms with van der Waals surface area (Å²) in [4.78, 5) is 12.0. The number of carbonyl (C=O) groups excluding carboxylic acids is 1. The van der Waals surface area contributed by atoms with E-state index in [2.05, 4.69) is 16.0 Å². The maximum absolute atomic E-state index is 12.9. The number of alkyl halides is 3. The largest absolute Gasteiger partial charge is 0.417 e. The number of carbonyl (C=O) groups is 1. The maximum atomic E-state index is 12.9. The molecule has 0 aliphatic carbocycles. The van der Waals surface area contributed by atoms with Crippen molar-refractivity contribution in [2.75, 3.05) is 22.5 Å². The Morgan fingerprint density at radius 3 is 2.48 bits per heavy atom. The second-order valence-corrected chi connectivity index (χ2v) is 6.08. The van der Waals surface area contributed by atoms with Gasteiger partial charge in [-0.3, -0.25) is 0 Å². The molecule has 3 rings (SSSR count). The standard InChI is InChI=1S/C17H15ClF3N3O/c18-14-5-3-12(9-13(14)17(19,20)21)24-16(25)23-11-4-6-15-10(8-11)2-1-7-22-15/h3-6,8-9,22H,1-2,7H2,(H2,23,24,25). The second-order valence-electron chi connectivity index (χ2n) is 5.67. The molecule has 3 N–H and O–H groups in total. The van der Waals surface area contributed by atoms with E-state index in [9.17, 15) is 18.0 Å². The Bertz CT molecular complexity index is 808. The van der Waals surface area contributed by atoms with Gasteiger partial charge in [0.15, 0.2) is 0 Å². The number of nitrogens with one attached hydrogen (secondary N) is 3. The van der Waals surface area contributed by atoms with Crippen molar-refractivity contribution in [3.8, 4) is 0 Å². The van der Waals surface area contributed by atoms with Gasteiger partial charge in [0.25, 0.3) is 0 Å². The van der Waals surface area contributed by atoms with Crippen molar-refractivity contribution in [1.29, 1.82) is 0 Å². The van der Waals surface area contributed by atoms with Gasteiger partial charge in [-0.05, 0) is 54.8 Å². The molecule has 0 unspecified atom stereocenters. The van der Waals surface area contributed by atoms with Crippen LogP contribution in [0.15, 0.2) is 36.4 Å². The number of aryl methyl sites for hydroxylation is 1. The molecule has 0 atom stereocenters. The number of benzene rings is 2. The number of fused-ring (bicyclic) bond motifs is 1. The Labute approximate surface area is 147 Å². The van der Waals surface area contributed by atoms with Crippen molar-refractivity contribution in [3.05, 3.63) is 52.5 Å². The quantitative estimate of drug-likeness (QED) is 0.667. The molecule has 0 radical (unpaired) electrons. The van der Waals surface area contributed by atoms with Crippen LogP contribution in [0.4, 0.5) is 35.0 Å². The molecular formula is C17H15ClF3N3O. The van der Waals surface area contributed by atoms with Crippen LogP contribution >= 0.6 is 11.6 Å². The van der Waals surface area contributed by atoms with Gasteiger partial charge in [-0.2, -0.15) is 13.2 Å². The van der Waals surface area contributed by atoms with E-state index in [1.165, 1.54) is 6.07 Å². The van der Waals surface area contributed by atoms with Gasteiger partial charge in [0, 0.05) is 23.6 Å². The van der Waals surface area contributed by atoms with E-state index in [-0.39, 0.29) is 5.69 Å². The molecule has 8 heteroatoms. The van der Waals surface area contributed by atoms with Crippen molar-refractivity contribution in [2.45, 2.75) is 19.0 Å². The molecule has 0 bridgehead atoms. The number of halogens is 4. The molecule has 1 heterocycles. The van der Waals surface area contributed by atoms with E-state index in [0.29, 0.717) is 5.69 Å². The van der Waals surface area contributed by atoms with Crippen LogP contribution in [0.2, 0.25) is 5.02 Å². The van der Waals surface area contributed by atoms with Crippen molar-refractivity contribution in [3.63, 3.8) is 0 Å². The van der Waals surface area contributed by atoms with Crippen LogP contribution in [-0.4, -0.2) is 12.6 Å². The lowest BCUT2D eigenvalue weighted by molar-refractivity contribution is -0.137. The molecule has 0 saturated heterocycles. The van der Waals surface area contributed by atoms with Crippen molar-refractivity contribution in [2.24, 2.45) is 0 Å². The Kier molecular flexibility index (Phi) is 4.76. The van der Waals surface area contributed by atoms with Crippen LogP contribution in [0.3, 0.4) is 0 Å². The summed E-state index contributed by atoms with van der Waals surface area (Å²) >= 11 is 5.56. The summed E-state index contributed by atoms with van der Waals surface area (Å²) in [6, 6.07) is 8.05. The highest BCUT2D eigenvalue weighted by molar-refractivity contribution is 6.31. The third kappa shape index (κ3) is 4.17. The summed E-state index contributed by atoms with van der Waals surface area (Å²) in [7, 11) is 0. The van der Waals surface area contributed by atoms with E-state index >= 15 is 0 Å². The molecule has 132 valence electrons. The fourth-order valence-electron chi connectivity index (χ4n) is 2.67. The van der Waals surface area contributed by atoms with Crippen molar-refractivity contribution in [1.82, 2.24) is 0 Å². The summed E-state index contributed by atoms with van der Waals surface area (Å²) in [5, 5.41) is 7.85. The maximum Gasteiger partial charge on any atom is 0.417 e. The molecule has 1 aliphatic rings. The summed E-state index contributed by atoms with van der Waals surface area (Å²) in [5.74, 6) is 0. The third-order valence-electron chi connectivity index (χ3n) is 3.83. The summed E-state index contributed by atoms with van der Waals surface area (Å²) in [6.45, 7) is 0.915. The Balaban J connectivity index is 1.71. The lowest BCUT2D eigenvalue weighted by atomic mass is 10.0. The predicted molar refractivity (Wildman–Crippen MR) is 92.3 cm³/mol. The van der Waals surface area contributed by atoms with Gasteiger partial charge < -0.3 is 16.0 Å². The van der Waals surface area contributed by atoms with Gasteiger partial charge in [-0.1, -0.05) is 11.6 Å². The molecule has 2 aromatic carbocycles. The van der Waals surface area contributed by atoms with Gasteiger partial charge in [-0.25, -0.2) is 4.79 Å². The monoisotopic (exact) mass is 369 g/mol. The number of anilines is 3. The van der Waals surface area contributed by atoms with Crippen LogP contribution in [-0.2, 0) is 12.6 Å². The third-order valence-corrected chi connectivity index (χ3v) is 4.16. The summed E-state index contributed by atoms with van der Waals surface area (Å²) in [6.07, 6.45) is -2.67. The first-order chi connectivity index (χ1) is 11.8. The predicted octanol–water partition coefficient (Wildman–Crippen LogP) is 5.36. The molecule has 25 heavy (non-hydrogen) atoms. The molecule has 2 amide bonds. The molecular weight excluding hydrogens is 355 g/mol. The number of urea groups is 1. The smallest absolute Gasteiger partial charge is 0.385 e. The van der Waals surface area contributed by atoms with E-state index < -0.39 is 22.8 Å². The van der Waals surface area contributed by atoms with Crippen molar-refractivity contribution >= 4 is 34.7 Å². The topological polar surface area (TPSA) is 53.2 Å². The van der Waals surface area contributed by atoms with Gasteiger partial charge in [0.1, 0.15) is 0 Å². The molecule has 4 nitrogen and oxygen atoms in total. The fraction of sp³-hybridized carbons (Fsp3) is 0.235. The number of hydrogen-bond donors (Lipinski definition) is 3. The first-order valence-corrected chi connectivity index (χ1v) is 8.02. The molecule has 0 aromatic heterocycles. The Morgan fingerprint density at radius 1 is 1.08 bits per heavy atom. The lowest BCUT2D eigenvalue weighted by Gasteiger charge is -2.19. The zero-order valence-corrected chi connectivity index (χ0v) is 13.8. The minimum Gasteiger partial charge on any atom is -0.385 e. The van der Waals surface area contributed by atoms with Crippen LogP contribution in [0.5, 0.6) is 0 Å². The first kappa shape index (κ1) is 17.4. The minimum absolute atomic E-state index is 0.00820. The minimum atomic E-state index is -4.59. The summed E-state index contributed by atoms with van der Waals surface area (Å²) < 4.78 is 38.6. The van der Waals surface area contributed by atoms with Gasteiger partial charge >= 0.3 is 12.2 Å². The second kappa shape index (κ2) is 6.84. The molecule has 0 saturated carbocycles. The van der Waals surface area contributed by atoms with Crippen LogP contribution in [0.1, 0.15) is 17.5 Å². The normalized spacial score (nSPS) is 13.6. The van der Waals surface area contributed by atoms with Crippen LogP contribution in [0, 0.1) is 0 Å². The van der Waals surface area contributed by atoms with Crippen LogP contribution in [0.25, 0.3) is 0 Å². The van der Waals surface area contributed by atoms with Gasteiger partial charge in [0.2, 0.25) is 0 Å². The van der Waals surface area contributed by atoms with E-state index in [1.807, 2.05) is 12.1 Å². The van der Waals surface area contributed by atoms with Crippen molar-refractivity contribution < 1.29 is 18.0 Å². The molecule has 0 spiro atoms. The van der Waals surface area contributed by atoms with E-state index in [4.69, 9.17) is 11.6 Å². The van der Waals surface area contributed by atoms with Crippen LogP contribution < -0.4 is 16.0 Å². The van der Waals surface area contributed by atoms with E-state index in [1.54, 1.807) is 6.07 Å². The lowest BCUT2D eigenvalue weighted by Crippen LogP contribution is -2.20. The highest BCUT2D eigenvalue weighted by Crippen LogP contribution is 2.36. The Hall–Kier alpha value is -2.41. The average molecular weight is 370 g/mol. The Morgan fingerprint density at radius 2 is 1.76 bits per heavy atom. The molecule has 2 aromatic rings. The highest BCUT2D eigenvalue weighted by atomic mass is 35.5. The highest BCUT2D eigenvalue weighted by Gasteiger charge is 2.33. The number of rotatable bonds is 2. The number of amides is 2. The number of hydrogen-bond acceptors (Lipinski definition) is 2. The molecule has 1 aliphatic heterocycles. The zero-order valence-electron chi connectivity index (χ0n) is 13.0. The fourth-order valence-corrected chi connectivity index (χ4v) is 2.89. The van der Waals surface area contributed by atoms with Gasteiger partial charge in [-0.15, -0.1) is 0 Å². The average Bonchev–Trinajstić information content (AvgIpc) is 2.55. The first-order valence-electron chi connectivity index (χ1n) is 7.64. The summed E-state index contributed by atoms with van der Waals surface area (Å²) in [5.41, 5.74) is 1.71. The van der Waals surface area contributed by atoms with E-state index in [0.717, 1.165) is 42.8 Å². The zero-order chi connectivity index (χ0) is 18.0. The molecule has 0 fully saturated rings. The SMILES string of the molecule is O=C(Nc1ccc2c(c1)CCCN2)Nc1ccc(Cl)c(C(F)(F)F)c1. The van der Waals surface area contributed by atoms with Gasteiger partial charge in [0.05, 0.1) is 10.6 Å².